The summed E-state index contributed by atoms with van der Waals surface area (Å²) in [4.78, 5) is 12.3. The third-order valence-corrected chi connectivity index (χ3v) is 3.77. The summed E-state index contributed by atoms with van der Waals surface area (Å²) in [5, 5.41) is 2.00. The third kappa shape index (κ3) is 3.20. The van der Waals surface area contributed by atoms with Crippen LogP contribution in [-0.4, -0.2) is 12.9 Å². The Morgan fingerprint density at radius 2 is 2.06 bits per heavy atom. The van der Waals surface area contributed by atoms with Crippen LogP contribution in [0.25, 0.3) is 0 Å². The van der Waals surface area contributed by atoms with Gasteiger partial charge in [0.05, 0.1) is 12.5 Å². The predicted octanol–water partition coefficient (Wildman–Crippen LogP) is 3.67. The van der Waals surface area contributed by atoms with Crippen LogP contribution >= 0.6 is 11.3 Å². The van der Waals surface area contributed by atoms with E-state index in [9.17, 15) is 4.79 Å². The zero-order valence-electron chi connectivity index (χ0n) is 10.3. The normalized spacial score (nSPS) is 12.1. The van der Waals surface area contributed by atoms with Crippen LogP contribution in [0.1, 0.15) is 23.3 Å². The van der Waals surface area contributed by atoms with Gasteiger partial charge in [-0.25, -0.2) is 0 Å². The fraction of sp³-hybridized carbons (Fsp3) is 0.267. The molecule has 94 valence electrons. The average Bonchev–Trinajstić information content (AvgIpc) is 2.92. The molecule has 0 radical (unpaired) electrons. The van der Waals surface area contributed by atoms with E-state index in [2.05, 4.69) is 0 Å². The molecule has 3 heteroatoms. The lowest BCUT2D eigenvalue weighted by Crippen LogP contribution is -2.02. The van der Waals surface area contributed by atoms with Crippen molar-refractivity contribution in [1.82, 2.24) is 0 Å². The quantitative estimate of drug-likeness (QED) is 0.741. The molecule has 0 amide bonds. The van der Waals surface area contributed by atoms with Crippen LogP contribution in [0.5, 0.6) is 5.75 Å². The van der Waals surface area contributed by atoms with Gasteiger partial charge in [-0.1, -0.05) is 18.2 Å². The van der Waals surface area contributed by atoms with Crippen molar-refractivity contribution in [1.29, 1.82) is 0 Å². The number of aldehydes is 1. The van der Waals surface area contributed by atoms with Crippen molar-refractivity contribution < 1.29 is 9.53 Å². The number of carbonyl (C=O) groups is 1. The Kier molecular flexibility index (Phi) is 4.53. The maximum atomic E-state index is 11.2. The first-order valence-electron chi connectivity index (χ1n) is 6.04. The fourth-order valence-corrected chi connectivity index (χ4v) is 2.65. The first kappa shape index (κ1) is 12.8. The van der Waals surface area contributed by atoms with Crippen molar-refractivity contribution in [3.63, 3.8) is 0 Å². The Labute approximate surface area is 111 Å². The lowest BCUT2D eigenvalue weighted by molar-refractivity contribution is -0.109. The minimum Gasteiger partial charge on any atom is -0.494 e. The van der Waals surface area contributed by atoms with E-state index in [1.165, 1.54) is 0 Å². The van der Waals surface area contributed by atoms with Crippen molar-refractivity contribution in [2.75, 3.05) is 6.61 Å². The standard InChI is InChI=1S/C15H16O2S/c1-2-17-14-7-5-12(6-8-14)10-13(11-16)15-4-3-9-18-15/h3-9,11,13H,2,10H2,1H3. The van der Waals surface area contributed by atoms with Crippen LogP contribution in [-0.2, 0) is 11.2 Å². The Morgan fingerprint density at radius 3 is 2.61 bits per heavy atom. The first-order chi connectivity index (χ1) is 8.83. The van der Waals surface area contributed by atoms with Gasteiger partial charge in [0.25, 0.3) is 0 Å². The number of hydrogen-bond donors (Lipinski definition) is 0. The fourth-order valence-electron chi connectivity index (χ4n) is 1.86. The second-order valence-corrected chi connectivity index (χ2v) is 5.02. The highest BCUT2D eigenvalue weighted by atomic mass is 32.1. The largest absolute Gasteiger partial charge is 0.494 e. The molecule has 1 heterocycles. The first-order valence-corrected chi connectivity index (χ1v) is 6.92. The highest BCUT2D eigenvalue weighted by Crippen LogP contribution is 2.24. The van der Waals surface area contributed by atoms with Gasteiger partial charge in [-0.15, -0.1) is 11.3 Å². The van der Waals surface area contributed by atoms with Crippen molar-refractivity contribution in [2.45, 2.75) is 19.3 Å². The highest BCUT2D eigenvalue weighted by molar-refractivity contribution is 7.10. The SMILES string of the molecule is CCOc1ccc(CC(C=O)c2cccs2)cc1. The third-order valence-electron chi connectivity index (χ3n) is 2.76. The molecular formula is C15H16O2S. The van der Waals surface area contributed by atoms with Crippen LogP contribution < -0.4 is 4.74 Å². The zero-order valence-corrected chi connectivity index (χ0v) is 11.2. The molecule has 1 aromatic heterocycles. The van der Waals surface area contributed by atoms with Gasteiger partial charge in [-0.3, -0.25) is 0 Å². The molecule has 0 aliphatic heterocycles. The summed E-state index contributed by atoms with van der Waals surface area (Å²) in [5.74, 6) is 0.836. The molecule has 0 N–H and O–H groups in total. The molecule has 0 aliphatic carbocycles. The Hall–Kier alpha value is -1.61. The highest BCUT2D eigenvalue weighted by Gasteiger charge is 2.12. The smallest absolute Gasteiger partial charge is 0.128 e. The molecule has 1 unspecified atom stereocenters. The summed E-state index contributed by atoms with van der Waals surface area (Å²) in [6.07, 6.45) is 1.78. The molecule has 2 aromatic rings. The monoisotopic (exact) mass is 260 g/mol. The molecule has 0 saturated carbocycles. The van der Waals surface area contributed by atoms with Gasteiger partial charge in [0.1, 0.15) is 12.0 Å². The van der Waals surface area contributed by atoms with Gasteiger partial charge in [0.2, 0.25) is 0 Å². The maximum Gasteiger partial charge on any atom is 0.128 e. The minimum atomic E-state index is -0.0389. The van der Waals surface area contributed by atoms with E-state index < -0.39 is 0 Å². The minimum absolute atomic E-state index is 0.0389. The average molecular weight is 260 g/mol. The van der Waals surface area contributed by atoms with Crippen molar-refractivity contribution in [3.05, 3.63) is 52.2 Å². The summed E-state index contributed by atoms with van der Waals surface area (Å²) in [7, 11) is 0. The molecular weight excluding hydrogens is 244 g/mol. The van der Waals surface area contributed by atoms with E-state index in [0.717, 1.165) is 28.9 Å². The van der Waals surface area contributed by atoms with E-state index in [1.807, 2.05) is 48.7 Å². The molecule has 18 heavy (non-hydrogen) atoms. The van der Waals surface area contributed by atoms with Crippen LogP contribution in [0.2, 0.25) is 0 Å². The Morgan fingerprint density at radius 1 is 1.28 bits per heavy atom. The van der Waals surface area contributed by atoms with Gasteiger partial charge in [-0.2, -0.15) is 0 Å². The molecule has 0 bridgehead atoms. The molecule has 2 nitrogen and oxygen atoms in total. The number of benzene rings is 1. The predicted molar refractivity (Wildman–Crippen MR) is 74.4 cm³/mol. The number of rotatable bonds is 6. The Balaban J connectivity index is 2.05. The number of carbonyl (C=O) groups excluding carboxylic acids is 1. The number of ether oxygens (including phenoxy) is 1. The molecule has 0 saturated heterocycles. The molecule has 2 rings (SSSR count). The maximum absolute atomic E-state index is 11.2. The van der Waals surface area contributed by atoms with Gasteiger partial charge in [-0.05, 0) is 42.5 Å². The van der Waals surface area contributed by atoms with Crippen molar-refractivity contribution in [2.24, 2.45) is 0 Å². The van der Waals surface area contributed by atoms with E-state index in [0.29, 0.717) is 6.61 Å². The van der Waals surface area contributed by atoms with E-state index in [1.54, 1.807) is 11.3 Å². The lowest BCUT2D eigenvalue weighted by atomic mass is 9.99. The topological polar surface area (TPSA) is 26.3 Å². The second kappa shape index (κ2) is 6.36. The van der Waals surface area contributed by atoms with Crippen molar-refractivity contribution in [3.8, 4) is 5.75 Å². The van der Waals surface area contributed by atoms with Gasteiger partial charge >= 0.3 is 0 Å². The molecule has 1 aromatic carbocycles. The van der Waals surface area contributed by atoms with Crippen LogP contribution in [0.4, 0.5) is 0 Å². The van der Waals surface area contributed by atoms with E-state index in [4.69, 9.17) is 4.74 Å². The molecule has 0 aliphatic rings. The van der Waals surface area contributed by atoms with E-state index in [-0.39, 0.29) is 5.92 Å². The molecule has 0 spiro atoms. The second-order valence-electron chi connectivity index (χ2n) is 4.04. The number of thiophene rings is 1. The molecule has 0 fully saturated rings. The Bertz CT molecular complexity index is 474. The summed E-state index contributed by atoms with van der Waals surface area (Å²) in [6, 6.07) is 11.9. The van der Waals surface area contributed by atoms with Gasteiger partial charge < -0.3 is 9.53 Å². The van der Waals surface area contributed by atoms with Gasteiger partial charge in [0, 0.05) is 4.88 Å². The summed E-state index contributed by atoms with van der Waals surface area (Å²) in [6.45, 7) is 2.64. The summed E-state index contributed by atoms with van der Waals surface area (Å²) < 4.78 is 5.40. The van der Waals surface area contributed by atoms with Crippen LogP contribution in [0, 0.1) is 0 Å². The summed E-state index contributed by atoms with van der Waals surface area (Å²) in [5.41, 5.74) is 1.16. The zero-order chi connectivity index (χ0) is 12.8. The van der Waals surface area contributed by atoms with Crippen LogP contribution in [0.3, 0.4) is 0 Å². The number of hydrogen-bond acceptors (Lipinski definition) is 3. The summed E-state index contributed by atoms with van der Waals surface area (Å²) >= 11 is 1.63. The van der Waals surface area contributed by atoms with Crippen molar-refractivity contribution >= 4 is 17.6 Å². The lowest BCUT2D eigenvalue weighted by Gasteiger charge is -2.09. The van der Waals surface area contributed by atoms with Crippen LogP contribution in [0.15, 0.2) is 41.8 Å². The van der Waals surface area contributed by atoms with E-state index >= 15 is 0 Å². The van der Waals surface area contributed by atoms with Gasteiger partial charge in [0.15, 0.2) is 0 Å². The molecule has 1 atom stereocenters.